The second kappa shape index (κ2) is 8.71. The molecule has 0 aliphatic carbocycles. The molecule has 150 valence electrons. The van der Waals surface area contributed by atoms with Crippen molar-refractivity contribution in [2.24, 2.45) is 0 Å². The molecule has 0 aliphatic rings. The smallest absolute Gasteiger partial charge is 0.343 e. The second-order valence-electron chi connectivity index (χ2n) is 6.13. The molecule has 0 saturated heterocycles. The van der Waals surface area contributed by atoms with E-state index in [9.17, 15) is 18.4 Å². The molecule has 0 amide bonds. The molecule has 0 aliphatic heterocycles. The zero-order valence-electron chi connectivity index (χ0n) is 15.1. The number of carbonyl (C=O) groups excluding carboxylic acids is 2. The predicted molar refractivity (Wildman–Crippen MR) is 103 cm³/mol. The molecule has 3 rings (SSSR count). The van der Waals surface area contributed by atoms with E-state index < -0.39 is 30.0 Å². The number of hydrogen-bond acceptors (Lipinski definition) is 4. The van der Waals surface area contributed by atoms with Gasteiger partial charge in [-0.3, -0.25) is 4.79 Å². The average molecular weight is 439 g/mol. The monoisotopic (exact) mass is 438 g/mol. The Morgan fingerprint density at radius 3 is 2.52 bits per heavy atom. The molecule has 0 saturated carbocycles. The van der Waals surface area contributed by atoms with E-state index in [1.165, 1.54) is 4.68 Å². The molecule has 0 bridgehead atoms. The van der Waals surface area contributed by atoms with Gasteiger partial charge in [-0.05, 0) is 36.8 Å². The summed E-state index contributed by atoms with van der Waals surface area (Å²) in [6.07, 6.45) is 0. The van der Waals surface area contributed by atoms with E-state index in [0.29, 0.717) is 10.7 Å². The molecule has 0 fully saturated rings. The van der Waals surface area contributed by atoms with Gasteiger partial charge in [0.1, 0.15) is 10.7 Å². The van der Waals surface area contributed by atoms with Gasteiger partial charge < -0.3 is 4.74 Å². The lowest BCUT2D eigenvalue weighted by molar-refractivity contribution is 0.0474. The highest BCUT2D eigenvalue weighted by molar-refractivity contribution is 6.33. The molecule has 0 N–H and O–H groups in total. The van der Waals surface area contributed by atoms with Crippen LogP contribution in [-0.2, 0) is 11.3 Å². The zero-order chi connectivity index (χ0) is 21.1. The van der Waals surface area contributed by atoms with Crippen molar-refractivity contribution in [1.29, 1.82) is 0 Å². The van der Waals surface area contributed by atoms with Gasteiger partial charge in [-0.25, -0.2) is 18.3 Å². The first-order valence-electron chi connectivity index (χ1n) is 8.39. The number of aromatic nitrogens is 2. The Morgan fingerprint density at radius 1 is 1.10 bits per heavy atom. The molecule has 1 aromatic heterocycles. The fourth-order valence-electron chi connectivity index (χ4n) is 2.63. The van der Waals surface area contributed by atoms with Crippen molar-refractivity contribution in [3.05, 3.63) is 86.7 Å². The maximum atomic E-state index is 13.2. The molecule has 5 nitrogen and oxygen atoms in total. The number of carbonyl (C=O) groups is 2. The van der Waals surface area contributed by atoms with Crippen LogP contribution in [0.3, 0.4) is 0 Å². The molecule has 0 unspecified atom stereocenters. The van der Waals surface area contributed by atoms with E-state index in [0.717, 1.165) is 23.8 Å². The van der Waals surface area contributed by atoms with Crippen LogP contribution in [0.1, 0.15) is 32.0 Å². The topological polar surface area (TPSA) is 61.2 Å². The highest BCUT2D eigenvalue weighted by atomic mass is 35.5. The summed E-state index contributed by atoms with van der Waals surface area (Å²) in [6.45, 7) is 1.15. The summed E-state index contributed by atoms with van der Waals surface area (Å²) in [5.74, 6) is -3.78. The summed E-state index contributed by atoms with van der Waals surface area (Å²) in [4.78, 5) is 24.5. The van der Waals surface area contributed by atoms with Crippen LogP contribution in [-0.4, -0.2) is 28.1 Å². The van der Waals surface area contributed by atoms with E-state index in [1.807, 2.05) is 6.07 Å². The summed E-state index contributed by atoms with van der Waals surface area (Å²) >= 11 is 12.4. The van der Waals surface area contributed by atoms with E-state index in [4.69, 9.17) is 27.9 Å². The Kier molecular flexibility index (Phi) is 6.30. The SMILES string of the molecule is Cc1nn(Cc2ccccc2Cl)c(Cl)c1C(=O)OCC(=O)c1ccc(F)c(F)c1. The number of hydrogen-bond donors (Lipinski definition) is 0. The van der Waals surface area contributed by atoms with E-state index >= 15 is 0 Å². The Hall–Kier alpha value is -2.77. The number of benzene rings is 2. The fraction of sp³-hybridized carbons (Fsp3) is 0.150. The fourth-order valence-corrected chi connectivity index (χ4v) is 3.14. The first-order valence-corrected chi connectivity index (χ1v) is 9.15. The summed E-state index contributed by atoms with van der Waals surface area (Å²) < 4.78 is 32.6. The summed E-state index contributed by atoms with van der Waals surface area (Å²) in [5, 5.41) is 4.78. The number of ketones is 1. The van der Waals surface area contributed by atoms with Gasteiger partial charge in [0.15, 0.2) is 24.0 Å². The van der Waals surface area contributed by atoms with E-state index in [-0.39, 0.29) is 22.8 Å². The Bertz CT molecular complexity index is 1100. The van der Waals surface area contributed by atoms with Gasteiger partial charge in [0.25, 0.3) is 0 Å². The van der Waals surface area contributed by atoms with Crippen molar-refractivity contribution >= 4 is 35.0 Å². The Labute approximate surface area is 174 Å². The summed E-state index contributed by atoms with van der Waals surface area (Å²) in [5.41, 5.74) is 0.963. The number of nitrogens with zero attached hydrogens (tertiary/aromatic N) is 2. The van der Waals surface area contributed by atoms with Gasteiger partial charge in [0, 0.05) is 10.6 Å². The van der Waals surface area contributed by atoms with Crippen molar-refractivity contribution in [3.8, 4) is 0 Å². The predicted octanol–water partition coefficient (Wildman–Crippen LogP) is 4.86. The standard InChI is InChI=1S/C20H14Cl2F2N2O3/c1-11-18(19(22)26(25-11)9-13-4-2-3-5-14(13)21)20(28)29-10-17(27)12-6-7-15(23)16(24)8-12/h2-8H,9-10H2,1H3. The first-order chi connectivity index (χ1) is 13.8. The third-order valence-corrected chi connectivity index (χ3v) is 4.88. The molecule has 29 heavy (non-hydrogen) atoms. The van der Waals surface area contributed by atoms with Crippen LogP contribution < -0.4 is 0 Å². The lowest BCUT2D eigenvalue weighted by Crippen LogP contribution is -2.15. The van der Waals surface area contributed by atoms with Crippen molar-refractivity contribution < 1.29 is 23.1 Å². The minimum Gasteiger partial charge on any atom is -0.454 e. The minimum absolute atomic E-state index is 0.0109. The average Bonchev–Trinajstić information content (AvgIpc) is 2.97. The maximum Gasteiger partial charge on any atom is 0.343 e. The number of rotatable bonds is 6. The molecule has 2 aromatic carbocycles. The summed E-state index contributed by atoms with van der Waals surface area (Å²) in [7, 11) is 0. The molecule has 0 atom stereocenters. The van der Waals surface area contributed by atoms with Crippen LogP contribution in [0, 0.1) is 18.6 Å². The molecular formula is C20H14Cl2F2N2O3. The number of halogens is 4. The third kappa shape index (κ3) is 4.63. The highest BCUT2D eigenvalue weighted by Gasteiger charge is 2.23. The molecular weight excluding hydrogens is 425 g/mol. The molecule has 9 heteroatoms. The Balaban J connectivity index is 1.72. The van der Waals surface area contributed by atoms with Crippen LogP contribution in [0.5, 0.6) is 0 Å². The van der Waals surface area contributed by atoms with E-state index in [1.54, 1.807) is 25.1 Å². The highest BCUT2D eigenvalue weighted by Crippen LogP contribution is 2.24. The second-order valence-corrected chi connectivity index (χ2v) is 6.89. The summed E-state index contributed by atoms with van der Waals surface area (Å²) in [6, 6.07) is 9.79. The number of Topliss-reactive ketones (excluding diaryl/α,β-unsaturated/α-hetero) is 1. The normalized spacial score (nSPS) is 10.8. The van der Waals surface area contributed by atoms with Gasteiger partial charge in [0.2, 0.25) is 0 Å². The molecule has 0 radical (unpaired) electrons. The van der Waals surface area contributed by atoms with Gasteiger partial charge in [0.05, 0.1) is 12.2 Å². The van der Waals surface area contributed by atoms with Crippen LogP contribution in [0.15, 0.2) is 42.5 Å². The maximum absolute atomic E-state index is 13.2. The van der Waals surface area contributed by atoms with Crippen LogP contribution >= 0.6 is 23.2 Å². The Morgan fingerprint density at radius 2 is 1.83 bits per heavy atom. The number of aryl methyl sites for hydroxylation is 1. The molecule has 0 spiro atoms. The first kappa shape index (κ1) is 21.0. The largest absolute Gasteiger partial charge is 0.454 e. The van der Waals surface area contributed by atoms with Crippen LogP contribution in [0.4, 0.5) is 8.78 Å². The van der Waals surface area contributed by atoms with E-state index in [2.05, 4.69) is 5.10 Å². The number of esters is 1. The van der Waals surface area contributed by atoms with Crippen LogP contribution in [0.2, 0.25) is 10.2 Å². The molecule has 1 heterocycles. The van der Waals surface area contributed by atoms with Gasteiger partial charge in [-0.2, -0.15) is 5.10 Å². The number of ether oxygens (including phenoxy) is 1. The van der Waals surface area contributed by atoms with Gasteiger partial charge >= 0.3 is 5.97 Å². The van der Waals surface area contributed by atoms with Gasteiger partial charge in [-0.15, -0.1) is 0 Å². The van der Waals surface area contributed by atoms with Crippen molar-refractivity contribution in [1.82, 2.24) is 9.78 Å². The quantitative estimate of drug-likeness (QED) is 0.407. The lowest BCUT2D eigenvalue weighted by atomic mass is 10.1. The lowest BCUT2D eigenvalue weighted by Gasteiger charge is -2.06. The third-order valence-electron chi connectivity index (χ3n) is 4.12. The minimum atomic E-state index is -1.16. The molecule has 3 aromatic rings. The van der Waals surface area contributed by atoms with Gasteiger partial charge in [-0.1, -0.05) is 41.4 Å². The zero-order valence-corrected chi connectivity index (χ0v) is 16.6. The van der Waals surface area contributed by atoms with Crippen molar-refractivity contribution in [3.63, 3.8) is 0 Å². The van der Waals surface area contributed by atoms with Crippen molar-refractivity contribution in [2.45, 2.75) is 13.5 Å². The van der Waals surface area contributed by atoms with Crippen LogP contribution in [0.25, 0.3) is 0 Å². The van der Waals surface area contributed by atoms with Crippen molar-refractivity contribution in [2.75, 3.05) is 6.61 Å².